The van der Waals surface area contributed by atoms with Crippen LogP contribution >= 0.6 is 0 Å². The average Bonchev–Trinajstić information content (AvgIpc) is 2.48. The number of hydrogen-bond donors (Lipinski definition) is 1. The Bertz CT molecular complexity index is 604. The minimum atomic E-state index is -0.231. The lowest BCUT2D eigenvalue weighted by Gasteiger charge is -2.23. The van der Waals surface area contributed by atoms with Crippen molar-refractivity contribution in [2.75, 3.05) is 5.32 Å². The molecule has 4 heteroatoms. The van der Waals surface area contributed by atoms with Crippen LogP contribution in [-0.2, 0) is 0 Å². The van der Waals surface area contributed by atoms with E-state index in [1.165, 1.54) is 44.2 Å². The Morgan fingerprint density at radius 2 is 1.76 bits per heavy atom. The summed E-state index contributed by atoms with van der Waals surface area (Å²) in [6.45, 7) is 1.89. The molecule has 1 aromatic carbocycles. The van der Waals surface area contributed by atoms with E-state index in [0.29, 0.717) is 6.04 Å². The molecular formula is C17H20FN3. The molecule has 0 spiro atoms. The van der Waals surface area contributed by atoms with E-state index in [9.17, 15) is 4.39 Å². The first-order valence-corrected chi connectivity index (χ1v) is 7.59. The standard InChI is InChI=1S/C17H20FN3/c1-12-19-16(13-7-9-14(18)10-8-13)11-17(20-12)21-15-5-3-2-4-6-15/h7-11,15H,2-6H2,1H3,(H,19,20,21). The number of hydrogen-bond acceptors (Lipinski definition) is 3. The summed E-state index contributed by atoms with van der Waals surface area (Å²) in [6, 6.07) is 8.88. The van der Waals surface area contributed by atoms with Crippen molar-refractivity contribution in [3.8, 4) is 11.3 Å². The fourth-order valence-electron chi connectivity index (χ4n) is 2.87. The minimum absolute atomic E-state index is 0.231. The van der Waals surface area contributed by atoms with Gasteiger partial charge in [-0.25, -0.2) is 14.4 Å². The van der Waals surface area contributed by atoms with Crippen molar-refractivity contribution < 1.29 is 4.39 Å². The fourth-order valence-corrected chi connectivity index (χ4v) is 2.87. The molecule has 21 heavy (non-hydrogen) atoms. The maximum absolute atomic E-state index is 13.0. The third-order valence-corrected chi connectivity index (χ3v) is 3.94. The molecule has 1 heterocycles. The van der Waals surface area contributed by atoms with E-state index >= 15 is 0 Å². The summed E-state index contributed by atoms with van der Waals surface area (Å²) >= 11 is 0. The van der Waals surface area contributed by atoms with Gasteiger partial charge in [0.2, 0.25) is 0 Å². The van der Waals surface area contributed by atoms with E-state index in [1.807, 2.05) is 13.0 Å². The number of benzene rings is 1. The molecule has 0 saturated heterocycles. The summed E-state index contributed by atoms with van der Waals surface area (Å²) in [5, 5.41) is 3.52. The van der Waals surface area contributed by atoms with E-state index in [2.05, 4.69) is 15.3 Å². The number of aromatic nitrogens is 2. The second kappa shape index (κ2) is 6.20. The van der Waals surface area contributed by atoms with E-state index < -0.39 is 0 Å². The quantitative estimate of drug-likeness (QED) is 0.911. The number of nitrogens with one attached hydrogen (secondary N) is 1. The third-order valence-electron chi connectivity index (χ3n) is 3.94. The summed E-state index contributed by atoms with van der Waals surface area (Å²) in [4.78, 5) is 8.93. The molecule has 0 unspecified atom stereocenters. The number of halogens is 1. The lowest BCUT2D eigenvalue weighted by molar-refractivity contribution is 0.462. The topological polar surface area (TPSA) is 37.8 Å². The summed E-state index contributed by atoms with van der Waals surface area (Å²) in [5.74, 6) is 1.37. The molecule has 110 valence electrons. The largest absolute Gasteiger partial charge is 0.367 e. The summed E-state index contributed by atoms with van der Waals surface area (Å²) in [5.41, 5.74) is 1.74. The molecule has 0 amide bonds. The van der Waals surface area contributed by atoms with Gasteiger partial charge in [-0.3, -0.25) is 0 Å². The highest BCUT2D eigenvalue weighted by atomic mass is 19.1. The van der Waals surface area contributed by atoms with Crippen LogP contribution in [0, 0.1) is 12.7 Å². The van der Waals surface area contributed by atoms with Crippen LogP contribution < -0.4 is 5.32 Å². The third kappa shape index (κ3) is 3.57. The Balaban J connectivity index is 1.83. The van der Waals surface area contributed by atoms with Gasteiger partial charge in [-0.1, -0.05) is 19.3 Å². The predicted molar refractivity (Wildman–Crippen MR) is 82.7 cm³/mol. The summed E-state index contributed by atoms with van der Waals surface area (Å²) in [6.07, 6.45) is 6.31. The van der Waals surface area contributed by atoms with Crippen LogP contribution in [0.15, 0.2) is 30.3 Å². The molecule has 1 aliphatic carbocycles. The van der Waals surface area contributed by atoms with Crippen LogP contribution in [0.5, 0.6) is 0 Å². The van der Waals surface area contributed by atoms with E-state index in [-0.39, 0.29) is 5.82 Å². The molecule has 1 aromatic heterocycles. The molecule has 3 nitrogen and oxygen atoms in total. The zero-order valence-corrected chi connectivity index (χ0v) is 12.3. The van der Waals surface area contributed by atoms with Crippen molar-refractivity contribution in [1.29, 1.82) is 0 Å². The van der Waals surface area contributed by atoms with Gasteiger partial charge in [0.25, 0.3) is 0 Å². The van der Waals surface area contributed by atoms with Gasteiger partial charge in [-0.15, -0.1) is 0 Å². The lowest BCUT2D eigenvalue weighted by Crippen LogP contribution is -2.23. The monoisotopic (exact) mass is 285 g/mol. The van der Waals surface area contributed by atoms with Crippen LogP contribution in [0.4, 0.5) is 10.2 Å². The molecule has 0 aliphatic heterocycles. The number of nitrogens with zero attached hydrogens (tertiary/aromatic N) is 2. The Kier molecular flexibility index (Phi) is 4.13. The smallest absolute Gasteiger partial charge is 0.130 e. The molecule has 3 rings (SSSR count). The number of rotatable bonds is 3. The van der Waals surface area contributed by atoms with Crippen LogP contribution in [0.25, 0.3) is 11.3 Å². The van der Waals surface area contributed by atoms with E-state index in [4.69, 9.17) is 0 Å². The predicted octanol–water partition coefficient (Wildman–Crippen LogP) is 4.34. The van der Waals surface area contributed by atoms with Crippen molar-refractivity contribution in [3.05, 3.63) is 42.0 Å². The Morgan fingerprint density at radius 3 is 2.48 bits per heavy atom. The molecule has 1 fully saturated rings. The average molecular weight is 285 g/mol. The van der Waals surface area contributed by atoms with Gasteiger partial charge in [-0.05, 0) is 44.0 Å². The zero-order valence-electron chi connectivity index (χ0n) is 12.3. The van der Waals surface area contributed by atoms with Crippen molar-refractivity contribution in [2.45, 2.75) is 45.1 Å². The Morgan fingerprint density at radius 1 is 1.05 bits per heavy atom. The second-order valence-corrected chi connectivity index (χ2v) is 5.67. The van der Waals surface area contributed by atoms with Gasteiger partial charge < -0.3 is 5.32 Å². The van der Waals surface area contributed by atoms with Crippen LogP contribution in [0.1, 0.15) is 37.9 Å². The highest BCUT2D eigenvalue weighted by Crippen LogP contribution is 2.24. The van der Waals surface area contributed by atoms with E-state index in [1.54, 1.807) is 12.1 Å². The van der Waals surface area contributed by atoms with Gasteiger partial charge in [0.15, 0.2) is 0 Å². The SMILES string of the molecule is Cc1nc(NC2CCCCC2)cc(-c2ccc(F)cc2)n1. The first kappa shape index (κ1) is 14.0. The summed E-state index contributed by atoms with van der Waals surface area (Å²) in [7, 11) is 0. The Labute approximate surface area is 124 Å². The van der Waals surface area contributed by atoms with Gasteiger partial charge in [-0.2, -0.15) is 0 Å². The van der Waals surface area contributed by atoms with Crippen molar-refractivity contribution in [1.82, 2.24) is 9.97 Å². The molecule has 0 radical (unpaired) electrons. The van der Waals surface area contributed by atoms with Gasteiger partial charge in [0, 0.05) is 17.7 Å². The van der Waals surface area contributed by atoms with Gasteiger partial charge in [0.1, 0.15) is 17.5 Å². The zero-order chi connectivity index (χ0) is 14.7. The van der Waals surface area contributed by atoms with Crippen LogP contribution in [0.2, 0.25) is 0 Å². The number of anilines is 1. The number of aryl methyl sites for hydroxylation is 1. The molecule has 0 bridgehead atoms. The van der Waals surface area contributed by atoms with Crippen molar-refractivity contribution in [3.63, 3.8) is 0 Å². The maximum atomic E-state index is 13.0. The van der Waals surface area contributed by atoms with Gasteiger partial charge in [0.05, 0.1) is 5.69 Å². The molecule has 1 saturated carbocycles. The van der Waals surface area contributed by atoms with E-state index in [0.717, 1.165) is 22.9 Å². The normalized spacial score (nSPS) is 15.9. The lowest BCUT2D eigenvalue weighted by atomic mass is 9.95. The molecular weight excluding hydrogens is 265 g/mol. The molecule has 0 atom stereocenters. The highest BCUT2D eigenvalue weighted by molar-refractivity contribution is 5.62. The molecule has 2 aromatic rings. The first-order valence-electron chi connectivity index (χ1n) is 7.59. The van der Waals surface area contributed by atoms with Crippen molar-refractivity contribution >= 4 is 5.82 Å². The first-order chi connectivity index (χ1) is 10.2. The minimum Gasteiger partial charge on any atom is -0.367 e. The summed E-state index contributed by atoms with van der Waals surface area (Å²) < 4.78 is 13.0. The van der Waals surface area contributed by atoms with Crippen molar-refractivity contribution in [2.24, 2.45) is 0 Å². The molecule has 1 N–H and O–H groups in total. The van der Waals surface area contributed by atoms with Crippen LogP contribution in [0.3, 0.4) is 0 Å². The van der Waals surface area contributed by atoms with Crippen LogP contribution in [-0.4, -0.2) is 16.0 Å². The molecule has 1 aliphatic rings. The van der Waals surface area contributed by atoms with Gasteiger partial charge >= 0.3 is 0 Å². The second-order valence-electron chi connectivity index (χ2n) is 5.67. The fraction of sp³-hybridized carbons (Fsp3) is 0.412. The maximum Gasteiger partial charge on any atom is 0.130 e. The highest BCUT2D eigenvalue weighted by Gasteiger charge is 2.14. The Hall–Kier alpha value is -1.97.